The molecule has 0 bridgehead atoms. The molecule has 1 aromatic carbocycles. The molecule has 4 heteroatoms. The Balaban J connectivity index is 2.37. The molecule has 0 spiro atoms. The number of carbonyl (C=O) groups is 1. The number of ether oxygens (including phenoxy) is 1. The standard InChI is InChI=1S/C12H16BrNO2/c1-9-5-6-10(13)11(8-9)14-7-3-4-12(15)16-2/h5-6,8,14H,3-4,7H2,1-2H3. The smallest absolute Gasteiger partial charge is 0.305 e. The summed E-state index contributed by atoms with van der Waals surface area (Å²) in [7, 11) is 1.41. The molecule has 0 radical (unpaired) electrons. The minimum absolute atomic E-state index is 0.162. The number of halogens is 1. The second-order valence-corrected chi connectivity index (χ2v) is 4.44. The summed E-state index contributed by atoms with van der Waals surface area (Å²) in [6, 6.07) is 6.13. The third-order valence-electron chi connectivity index (χ3n) is 2.22. The Hall–Kier alpha value is -1.03. The summed E-state index contributed by atoms with van der Waals surface area (Å²) in [4.78, 5) is 10.9. The van der Waals surface area contributed by atoms with Crippen molar-refractivity contribution in [1.82, 2.24) is 0 Å². The van der Waals surface area contributed by atoms with Crippen molar-refractivity contribution in [3.63, 3.8) is 0 Å². The molecule has 0 saturated carbocycles. The van der Waals surface area contributed by atoms with Crippen molar-refractivity contribution in [2.24, 2.45) is 0 Å². The highest BCUT2D eigenvalue weighted by Crippen LogP contribution is 2.23. The number of hydrogen-bond donors (Lipinski definition) is 1. The topological polar surface area (TPSA) is 38.3 Å². The van der Waals surface area contributed by atoms with Gasteiger partial charge in [0.1, 0.15) is 0 Å². The van der Waals surface area contributed by atoms with Crippen LogP contribution in [-0.2, 0) is 9.53 Å². The van der Waals surface area contributed by atoms with Crippen LogP contribution in [-0.4, -0.2) is 19.6 Å². The van der Waals surface area contributed by atoms with Crippen molar-refractivity contribution < 1.29 is 9.53 Å². The van der Waals surface area contributed by atoms with E-state index in [1.807, 2.05) is 19.1 Å². The Labute approximate surface area is 104 Å². The van der Waals surface area contributed by atoms with E-state index in [-0.39, 0.29) is 5.97 Å². The van der Waals surface area contributed by atoms with Crippen molar-refractivity contribution in [3.8, 4) is 0 Å². The van der Waals surface area contributed by atoms with Crippen LogP contribution >= 0.6 is 15.9 Å². The van der Waals surface area contributed by atoms with Crippen LogP contribution in [0.15, 0.2) is 22.7 Å². The number of nitrogens with one attached hydrogen (secondary N) is 1. The van der Waals surface area contributed by atoms with Gasteiger partial charge in [-0.25, -0.2) is 0 Å². The molecule has 0 fully saturated rings. The highest BCUT2D eigenvalue weighted by atomic mass is 79.9. The highest BCUT2D eigenvalue weighted by Gasteiger charge is 2.01. The Kier molecular flexibility index (Phi) is 5.32. The summed E-state index contributed by atoms with van der Waals surface area (Å²) >= 11 is 3.47. The first kappa shape index (κ1) is 13.0. The molecule has 0 aliphatic rings. The van der Waals surface area contributed by atoms with Crippen molar-refractivity contribution in [2.45, 2.75) is 19.8 Å². The molecule has 0 saturated heterocycles. The van der Waals surface area contributed by atoms with Gasteiger partial charge in [-0.3, -0.25) is 4.79 Å². The first-order valence-corrected chi connectivity index (χ1v) is 5.99. The normalized spacial score (nSPS) is 9.94. The number of esters is 1. The van der Waals surface area contributed by atoms with Crippen LogP contribution in [0.2, 0.25) is 0 Å². The van der Waals surface area contributed by atoms with Crippen molar-refractivity contribution >= 4 is 27.6 Å². The third-order valence-corrected chi connectivity index (χ3v) is 2.91. The van der Waals surface area contributed by atoms with Gasteiger partial charge in [-0.05, 0) is 47.0 Å². The number of rotatable bonds is 5. The van der Waals surface area contributed by atoms with E-state index in [1.54, 1.807) is 0 Å². The summed E-state index contributed by atoms with van der Waals surface area (Å²) in [5.74, 6) is -0.162. The van der Waals surface area contributed by atoms with E-state index in [1.165, 1.54) is 12.7 Å². The highest BCUT2D eigenvalue weighted by molar-refractivity contribution is 9.10. The fourth-order valence-electron chi connectivity index (χ4n) is 1.33. The fraction of sp³-hybridized carbons (Fsp3) is 0.417. The van der Waals surface area contributed by atoms with Crippen LogP contribution in [0.1, 0.15) is 18.4 Å². The maximum absolute atomic E-state index is 10.9. The molecule has 88 valence electrons. The van der Waals surface area contributed by atoms with Gasteiger partial charge < -0.3 is 10.1 Å². The van der Waals surface area contributed by atoms with Gasteiger partial charge in [0, 0.05) is 23.1 Å². The molecule has 0 unspecified atom stereocenters. The molecular weight excluding hydrogens is 270 g/mol. The lowest BCUT2D eigenvalue weighted by Gasteiger charge is -2.08. The van der Waals surface area contributed by atoms with Crippen LogP contribution in [0.3, 0.4) is 0 Å². The summed E-state index contributed by atoms with van der Waals surface area (Å²) < 4.78 is 5.61. The van der Waals surface area contributed by atoms with E-state index in [9.17, 15) is 4.79 Å². The monoisotopic (exact) mass is 285 g/mol. The summed E-state index contributed by atoms with van der Waals surface area (Å²) in [6.07, 6.45) is 1.22. The predicted molar refractivity (Wildman–Crippen MR) is 68.6 cm³/mol. The Morgan fingerprint density at radius 3 is 2.94 bits per heavy atom. The first-order chi connectivity index (χ1) is 7.63. The Morgan fingerprint density at radius 2 is 2.25 bits per heavy atom. The fourth-order valence-corrected chi connectivity index (χ4v) is 1.72. The predicted octanol–water partition coefficient (Wildman–Crippen LogP) is 3.12. The van der Waals surface area contributed by atoms with E-state index in [0.717, 1.165) is 23.1 Å². The third kappa shape index (κ3) is 4.23. The second kappa shape index (κ2) is 6.53. The minimum atomic E-state index is -0.162. The number of benzene rings is 1. The molecule has 0 atom stereocenters. The zero-order chi connectivity index (χ0) is 12.0. The van der Waals surface area contributed by atoms with Crippen LogP contribution in [0, 0.1) is 6.92 Å². The molecule has 0 aliphatic carbocycles. The molecule has 1 N–H and O–H groups in total. The SMILES string of the molecule is COC(=O)CCCNc1cc(C)ccc1Br. The van der Waals surface area contributed by atoms with E-state index in [0.29, 0.717) is 6.42 Å². The minimum Gasteiger partial charge on any atom is -0.469 e. The van der Waals surface area contributed by atoms with Crippen LogP contribution in [0.5, 0.6) is 0 Å². The average Bonchev–Trinajstić information content (AvgIpc) is 2.28. The maximum Gasteiger partial charge on any atom is 0.305 e. The van der Waals surface area contributed by atoms with Gasteiger partial charge >= 0.3 is 5.97 Å². The molecule has 1 aromatic rings. The van der Waals surface area contributed by atoms with E-state index >= 15 is 0 Å². The van der Waals surface area contributed by atoms with Crippen molar-refractivity contribution in [3.05, 3.63) is 28.2 Å². The second-order valence-electron chi connectivity index (χ2n) is 3.59. The zero-order valence-corrected chi connectivity index (χ0v) is 11.1. The number of aryl methyl sites for hydroxylation is 1. The first-order valence-electron chi connectivity index (χ1n) is 5.20. The van der Waals surface area contributed by atoms with Gasteiger partial charge in [0.25, 0.3) is 0 Å². The van der Waals surface area contributed by atoms with Gasteiger partial charge in [0.15, 0.2) is 0 Å². The van der Waals surface area contributed by atoms with Gasteiger partial charge in [0.05, 0.1) is 7.11 Å². The lowest BCUT2D eigenvalue weighted by molar-refractivity contribution is -0.140. The van der Waals surface area contributed by atoms with E-state index in [4.69, 9.17) is 0 Å². The number of hydrogen-bond acceptors (Lipinski definition) is 3. The van der Waals surface area contributed by atoms with Gasteiger partial charge in [-0.1, -0.05) is 6.07 Å². The summed E-state index contributed by atoms with van der Waals surface area (Å²) in [5.41, 5.74) is 2.27. The lowest BCUT2D eigenvalue weighted by atomic mass is 10.2. The van der Waals surface area contributed by atoms with Crippen molar-refractivity contribution in [2.75, 3.05) is 19.0 Å². The zero-order valence-electron chi connectivity index (χ0n) is 9.55. The van der Waals surface area contributed by atoms with E-state index < -0.39 is 0 Å². The Bertz CT molecular complexity index is 366. The number of methoxy groups -OCH3 is 1. The van der Waals surface area contributed by atoms with Gasteiger partial charge in [-0.15, -0.1) is 0 Å². The molecule has 16 heavy (non-hydrogen) atoms. The molecule has 0 aliphatic heterocycles. The number of carbonyl (C=O) groups excluding carboxylic acids is 1. The van der Waals surface area contributed by atoms with Crippen LogP contribution < -0.4 is 5.32 Å². The Morgan fingerprint density at radius 1 is 1.50 bits per heavy atom. The quantitative estimate of drug-likeness (QED) is 0.667. The van der Waals surface area contributed by atoms with Gasteiger partial charge in [-0.2, -0.15) is 0 Å². The lowest BCUT2D eigenvalue weighted by Crippen LogP contribution is -2.06. The summed E-state index contributed by atoms with van der Waals surface area (Å²) in [5, 5.41) is 3.28. The van der Waals surface area contributed by atoms with Crippen LogP contribution in [0.25, 0.3) is 0 Å². The maximum atomic E-state index is 10.9. The molecule has 3 nitrogen and oxygen atoms in total. The van der Waals surface area contributed by atoms with E-state index in [2.05, 4.69) is 32.0 Å². The van der Waals surface area contributed by atoms with Gasteiger partial charge in [0.2, 0.25) is 0 Å². The van der Waals surface area contributed by atoms with Crippen molar-refractivity contribution in [1.29, 1.82) is 0 Å². The molecule has 0 aromatic heterocycles. The van der Waals surface area contributed by atoms with Crippen LogP contribution in [0.4, 0.5) is 5.69 Å². The molecule has 1 rings (SSSR count). The number of anilines is 1. The molecule has 0 amide bonds. The molecular formula is C12H16BrNO2. The largest absolute Gasteiger partial charge is 0.469 e. The summed E-state index contributed by atoms with van der Waals surface area (Å²) in [6.45, 7) is 2.81. The molecule has 0 heterocycles. The average molecular weight is 286 g/mol.